The minimum Gasteiger partial charge on any atom is -0.464 e. The van der Waals surface area contributed by atoms with Crippen LogP contribution in [0.1, 0.15) is 49.2 Å². The minimum atomic E-state index is -1.44. The number of fused-ring (bicyclic) bond motifs is 3. The highest BCUT2D eigenvalue weighted by molar-refractivity contribution is 6.76. The third kappa shape index (κ3) is 7.81. The molecule has 1 N–H and O–H groups in total. The first-order chi connectivity index (χ1) is 19.7. The van der Waals surface area contributed by atoms with Crippen LogP contribution in [0.25, 0.3) is 17.0 Å². The van der Waals surface area contributed by atoms with Crippen molar-refractivity contribution in [1.29, 1.82) is 0 Å². The third-order valence-corrected chi connectivity index (χ3v) is 9.52. The molecule has 2 aromatic rings. The summed E-state index contributed by atoms with van der Waals surface area (Å²) in [6, 6.07) is 7.58. The lowest BCUT2D eigenvalue weighted by molar-refractivity contribution is -0.152. The molecule has 4 rings (SSSR count). The molecule has 1 fully saturated rings. The number of carbonyl (C=O) groups is 4. The number of cyclic esters (lactones) is 1. The van der Waals surface area contributed by atoms with Crippen LogP contribution < -0.4 is 5.32 Å². The number of allylic oxidation sites excluding steroid dienone is 1. The molecule has 0 aliphatic carbocycles. The van der Waals surface area contributed by atoms with Gasteiger partial charge in [-0.15, -0.1) is 0 Å². The predicted molar refractivity (Wildman–Crippen MR) is 163 cm³/mol. The molecule has 2 atom stereocenters. The Hall–Kier alpha value is -3.60. The van der Waals surface area contributed by atoms with Crippen LogP contribution in [-0.2, 0) is 30.8 Å². The van der Waals surface area contributed by atoms with Gasteiger partial charge in [-0.2, -0.15) is 0 Å². The fourth-order valence-corrected chi connectivity index (χ4v) is 5.90. The summed E-state index contributed by atoms with van der Waals surface area (Å²) in [4.78, 5) is 53.5. The number of alkyl carbamates (subject to hydrolysis) is 1. The normalized spacial score (nSPS) is 22.8. The molecule has 42 heavy (non-hydrogen) atoms. The molecule has 0 unspecified atom stereocenters. The third-order valence-electron chi connectivity index (χ3n) is 7.82. The number of hydrogen-bond acceptors (Lipinski definition) is 7. The molecule has 2 amide bonds. The van der Waals surface area contributed by atoms with Crippen LogP contribution >= 0.6 is 0 Å². The van der Waals surface area contributed by atoms with Crippen molar-refractivity contribution < 1.29 is 33.4 Å². The lowest BCUT2D eigenvalue weighted by Crippen LogP contribution is -2.46. The number of amides is 2. The van der Waals surface area contributed by atoms with E-state index in [1.165, 1.54) is 4.90 Å². The van der Waals surface area contributed by atoms with E-state index in [0.29, 0.717) is 5.69 Å². The van der Waals surface area contributed by atoms with Gasteiger partial charge in [-0.25, -0.2) is 14.4 Å². The number of nitrogens with zero attached hydrogens (tertiary/aromatic N) is 2. The van der Waals surface area contributed by atoms with Gasteiger partial charge in [0, 0.05) is 32.4 Å². The van der Waals surface area contributed by atoms with Crippen LogP contribution in [0, 0.1) is 5.41 Å². The van der Waals surface area contributed by atoms with Crippen molar-refractivity contribution in [3.8, 4) is 0 Å². The Morgan fingerprint density at radius 1 is 1.19 bits per heavy atom. The number of nitrogens with one attached hydrogen (secondary N) is 1. The standard InChI is InChI=1S/C31H43N3O7Si/c1-31(2)13-8-7-10-21-11-9-12-24-23(21)17-25(33(24)3)29(37)41-22-16-26(28(36)39-14-15-42(4,5)6)34(19-22)27(35)18-32-30(38)40-20-31/h7,9-12,17,22,26H,8,13-16,18-20H2,1-6H3,(H,32,38)/b10-7+/t22-,26+/m1/s1. The van der Waals surface area contributed by atoms with Gasteiger partial charge in [-0.05, 0) is 42.0 Å². The molecular formula is C31H43N3O7Si. The molecule has 4 bridgehead atoms. The van der Waals surface area contributed by atoms with Gasteiger partial charge in [0.05, 0.1) is 19.8 Å². The molecule has 3 heterocycles. The van der Waals surface area contributed by atoms with Crippen LogP contribution in [0.5, 0.6) is 0 Å². The smallest absolute Gasteiger partial charge is 0.407 e. The van der Waals surface area contributed by atoms with Crippen molar-refractivity contribution in [2.45, 2.75) is 70.9 Å². The van der Waals surface area contributed by atoms with Crippen molar-refractivity contribution in [1.82, 2.24) is 14.8 Å². The van der Waals surface area contributed by atoms with Crippen LogP contribution in [0.2, 0.25) is 25.7 Å². The minimum absolute atomic E-state index is 0.0139. The number of esters is 2. The van der Waals surface area contributed by atoms with Gasteiger partial charge in [0.15, 0.2) is 0 Å². The first-order valence-corrected chi connectivity index (χ1v) is 18.3. The quantitative estimate of drug-likeness (QED) is 0.307. The highest BCUT2D eigenvalue weighted by Gasteiger charge is 2.42. The Kier molecular flexibility index (Phi) is 9.49. The number of rotatable bonds is 4. The second kappa shape index (κ2) is 12.7. The van der Waals surface area contributed by atoms with Crippen molar-refractivity contribution in [3.63, 3.8) is 0 Å². The Balaban J connectivity index is 1.61. The van der Waals surface area contributed by atoms with E-state index in [4.69, 9.17) is 14.2 Å². The Labute approximate surface area is 248 Å². The summed E-state index contributed by atoms with van der Waals surface area (Å²) in [6.07, 6.45) is 4.34. The molecule has 1 aromatic carbocycles. The van der Waals surface area contributed by atoms with Crippen molar-refractivity contribution in [2.75, 3.05) is 26.3 Å². The van der Waals surface area contributed by atoms with E-state index in [-0.39, 0.29) is 38.1 Å². The summed E-state index contributed by atoms with van der Waals surface area (Å²) in [6.45, 7) is 10.7. The van der Waals surface area contributed by atoms with Gasteiger partial charge in [-0.3, -0.25) is 4.79 Å². The fourth-order valence-electron chi connectivity index (χ4n) is 5.19. The molecule has 2 aliphatic rings. The zero-order valence-electron chi connectivity index (χ0n) is 25.5. The highest BCUT2D eigenvalue weighted by Crippen LogP contribution is 2.28. The molecule has 228 valence electrons. The lowest BCUT2D eigenvalue weighted by atomic mass is 9.88. The number of ether oxygens (including phenoxy) is 3. The van der Waals surface area contributed by atoms with Crippen molar-refractivity contribution in [2.24, 2.45) is 12.5 Å². The Morgan fingerprint density at radius 3 is 2.69 bits per heavy atom. The average molecular weight is 598 g/mol. The number of aromatic nitrogens is 1. The summed E-state index contributed by atoms with van der Waals surface area (Å²) in [5.41, 5.74) is 1.96. The predicted octanol–water partition coefficient (Wildman–Crippen LogP) is 4.75. The van der Waals surface area contributed by atoms with Gasteiger partial charge in [-0.1, -0.05) is 57.8 Å². The van der Waals surface area contributed by atoms with Crippen LogP contribution in [0.4, 0.5) is 4.79 Å². The van der Waals surface area contributed by atoms with Crippen LogP contribution in [0.15, 0.2) is 30.3 Å². The van der Waals surface area contributed by atoms with Gasteiger partial charge < -0.3 is 29.0 Å². The summed E-state index contributed by atoms with van der Waals surface area (Å²) >= 11 is 0. The molecule has 0 spiro atoms. The monoisotopic (exact) mass is 597 g/mol. The zero-order chi connectivity index (χ0) is 30.7. The van der Waals surface area contributed by atoms with E-state index in [9.17, 15) is 19.2 Å². The van der Waals surface area contributed by atoms with Crippen molar-refractivity contribution in [3.05, 3.63) is 41.6 Å². The van der Waals surface area contributed by atoms with Crippen molar-refractivity contribution >= 4 is 49.0 Å². The second-order valence-corrected chi connectivity index (χ2v) is 18.8. The SMILES string of the molecule is Cn1c2cc3c(cccc31)/C=C/CCC(C)(C)COC(=O)NCC(=O)N1C[C@@H](C[C@H]1C(=O)OCC[Si](C)(C)C)OC2=O. The van der Waals surface area contributed by atoms with Gasteiger partial charge >= 0.3 is 18.0 Å². The molecule has 10 nitrogen and oxygen atoms in total. The maximum Gasteiger partial charge on any atom is 0.407 e. The molecular weight excluding hydrogens is 554 g/mol. The number of benzene rings is 1. The maximum atomic E-state index is 13.4. The largest absolute Gasteiger partial charge is 0.464 e. The van der Waals surface area contributed by atoms with E-state index in [0.717, 1.165) is 35.4 Å². The second-order valence-electron chi connectivity index (χ2n) is 13.2. The van der Waals surface area contributed by atoms with E-state index in [1.54, 1.807) is 4.57 Å². The molecule has 0 radical (unpaired) electrons. The van der Waals surface area contributed by atoms with E-state index in [1.807, 2.05) is 51.2 Å². The fraction of sp³-hybridized carbons (Fsp3) is 0.548. The molecule has 2 aliphatic heterocycles. The number of aryl methyl sites for hydroxylation is 1. The van der Waals surface area contributed by atoms with Crippen LogP contribution in [0.3, 0.4) is 0 Å². The van der Waals surface area contributed by atoms with E-state index in [2.05, 4.69) is 31.0 Å². The summed E-state index contributed by atoms with van der Waals surface area (Å²) in [7, 11) is 0.373. The lowest BCUT2D eigenvalue weighted by Gasteiger charge is -2.25. The number of carbonyl (C=O) groups excluding carboxylic acids is 4. The summed E-state index contributed by atoms with van der Waals surface area (Å²) in [5.74, 6) is -1.55. The molecule has 1 saturated heterocycles. The topological polar surface area (TPSA) is 116 Å². The summed E-state index contributed by atoms with van der Waals surface area (Å²) in [5, 5.41) is 3.42. The van der Waals surface area contributed by atoms with Gasteiger partial charge in [0.1, 0.15) is 24.4 Å². The van der Waals surface area contributed by atoms with Gasteiger partial charge in [0.25, 0.3) is 0 Å². The van der Waals surface area contributed by atoms with Gasteiger partial charge in [0.2, 0.25) is 5.91 Å². The average Bonchev–Trinajstić information content (AvgIpc) is 3.49. The highest BCUT2D eigenvalue weighted by atomic mass is 28.3. The molecule has 0 saturated carbocycles. The Bertz CT molecular complexity index is 1370. The summed E-state index contributed by atoms with van der Waals surface area (Å²) < 4.78 is 18.6. The maximum absolute atomic E-state index is 13.4. The first kappa shape index (κ1) is 31.3. The first-order valence-electron chi connectivity index (χ1n) is 14.6. The Morgan fingerprint density at radius 2 is 1.95 bits per heavy atom. The zero-order valence-corrected chi connectivity index (χ0v) is 26.5. The molecule has 11 heteroatoms. The van der Waals surface area contributed by atoms with E-state index < -0.39 is 44.2 Å². The molecule has 1 aromatic heterocycles. The van der Waals surface area contributed by atoms with Crippen LogP contribution in [-0.4, -0.2) is 79.9 Å². The van der Waals surface area contributed by atoms with E-state index >= 15 is 0 Å². The number of hydrogen-bond donors (Lipinski definition) is 1.